The molecule has 0 aromatic carbocycles. The van der Waals surface area contributed by atoms with Crippen LogP contribution in [-0.2, 0) is 33.3 Å². The lowest BCUT2D eigenvalue weighted by Crippen LogP contribution is -2.53. The molecule has 1 saturated heterocycles. The SMILES string of the molecule is CC(=O)OC[C@H]1OC(OC(C)=O)[C@H](C)[C@@H](C)[C@H]1OC(C)=O. The summed E-state index contributed by atoms with van der Waals surface area (Å²) < 4.78 is 21.0. The lowest BCUT2D eigenvalue weighted by molar-refractivity contribution is -0.265. The summed E-state index contributed by atoms with van der Waals surface area (Å²) in [5, 5.41) is 0. The molecule has 7 heteroatoms. The molecule has 5 atom stereocenters. The van der Waals surface area contributed by atoms with Crippen LogP contribution in [0.25, 0.3) is 0 Å². The minimum Gasteiger partial charge on any atom is -0.463 e. The van der Waals surface area contributed by atoms with Gasteiger partial charge in [-0.1, -0.05) is 13.8 Å². The van der Waals surface area contributed by atoms with Gasteiger partial charge in [0.05, 0.1) is 0 Å². The molecule has 21 heavy (non-hydrogen) atoms. The number of carbonyl (C=O) groups is 3. The number of esters is 3. The van der Waals surface area contributed by atoms with Crippen molar-refractivity contribution in [2.45, 2.75) is 53.1 Å². The van der Waals surface area contributed by atoms with Crippen molar-refractivity contribution >= 4 is 17.9 Å². The van der Waals surface area contributed by atoms with Crippen molar-refractivity contribution < 1.29 is 33.3 Å². The Morgan fingerprint density at radius 1 is 0.905 bits per heavy atom. The lowest BCUT2D eigenvalue weighted by Gasteiger charge is -2.42. The quantitative estimate of drug-likeness (QED) is 0.566. The molecule has 0 amide bonds. The fraction of sp³-hybridized carbons (Fsp3) is 0.786. The molecule has 0 bridgehead atoms. The molecular weight excluding hydrogens is 280 g/mol. The first-order valence-corrected chi connectivity index (χ1v) is 6.85. The van der Waals surface area contributed by atoms with Gasteiger partial charge in [0.15, 0.2) is 0 Å². The van der Waals surface area contributed by atoms with E-state index in [1.165, 1.54) is 20.8 Å². The van der Waals surface area contributed by atoms with Crippen LogP contribution in [0.4, 0.5) is 0 Å². The molecule has 0 spiro atoms. The van der Waals surface area contributed by atoms with Gasteiger partial charge in [0.1, 0.15) is 18.8 Å². The van der Waals surface area contributed by atoms with Crippen molar-refractivity contribution in [1.82, 2.24) is 0 Å². The second-order valence-electron chi connectivity index (χ2n) is 5.25. The standard InChI is InChI=1S/C14H22O7/c1-7-8(2)14(20-11(5)17)21-12(6-18-9(3)15)13(7)19-10(4)16/h7-8,12-14H,6H2,1-5H3/t7-,8-,12-,13-,14?/m1/s1. The van der Waals surface area contributed by atoms with Crippen molar-refractivity contribution in [3.05, 3.63) is 0 Å². The van der Waals surface area contributed by atoms with E-state index < -0.39 is 36.4 Å². The predicted octanol–water partition coefficient (Wildman–Crippen LogP) is 1.04. The van der Waals surface area contributed by atoms with Crippen molar-refractivity contribution in [1.29, 1.82) is 0 Å². The van der Waals surface area contributed by atoms with Gasteiger partial charge in [0, 0.05) is 32.6 Å². The van der Waals surface area contributed by atoms with E-state index >= 15 is 0 Å². The van der Waals surface area contributed by atoms with Crippen LogP contribution in [0.5, 0.6) is 0 Å². The van der Waals surface area contributed by atoms with E-state index in [2.05, 4.69) is 0 Å². The fourth-order valence-corrected chi connectivity index (χ4v) is 2.27. The zero-order chi connectivity index (χ0) is 16.2. The molecule has 0 aromatic rings. The zero-order valence-electron chi connectivity index (χ0n) is 13.0. The van der Waals surface area contributed by atoms with Crippen LogP contribution in [-0.4, -0.2) is 43.0 Å². The van der Waals surface area contributed by atoms with Crippen molar-refractivity contribution in [3.63, 3.8) is 0 Å². The van der Waals surface area contributed by atoms with Crippen LogP contribution >= 0.6 is 0 Å². The van der Waals surface area contributed by atoms with Gasteiger partial charge in [-0.2, -0.15) is 0 Å². The third-order valence-electron chi connectivity index (χ3n) is 3.49. The predicted molar refractivity (Wildman–Crippen MR) is 70.9 cm³/mol. The van der Waals surface area contributed by atoms with Crippen LogP contribution in [0, 0.1) is 11.8 Å². The van der Waals surface area contributed by atoms with Crippen molar-refractivity contribution in [2.24, 2.45) is 11.8 Å². The van der Waals surface area contributed by atoms with E-state index in [1.807, 2.05) is 13.8 Å². The highest BCUT2D eigenvalue weighted by Crippen LogP contribution is 2.33. The molecule has 1 aliphatic rings. The van der Waals surface area contributed by atoms with E-state index in [4.69, 9.17) is 18.9 Å². The van der Waals surface area contributed by atoms with Gasteiger partial charge in [0.2, 0.25) is 6.29 Å². The zero-order valence-corrected chi connectivity index (χ0v) is 13.0. The average Bonchev–Trinajstić information content (AvgIpc) is 2.35. The fourth-order valence-electron chi connectivity index (χ4n) is 2.27. The number of hydrogen-bond acceptors (Lipinski definition) is 7. The normalized spacial score (nSPS) is 32.1. The number of rotatable bonds is 4. The molecule has 1 rings (SSSR count). The summed E-state index contributed by atoms with van der Waals surface area (Å²) in [7, 11) is 0. The van der Waals surface area contributed by atoms with E-state index in [9.17, 15) is 14.4 Å². The molecule has 1 unspecified atom stereocenters. The Balaban J connectivity index is 2.86. The second-order valence-corrected chi connectivity index (χ2v) is 5.25. The maximum atomic E-state index is 11.2. The van der Waals surface area contributed by atoms with Crippen LogP contribution in [0.15, 0.2) is 0 Å². The smallest absolute Gasteiger partial charge is 0.304 e. The summed E-state index contributed by atoms with van der Waals surface area (Å²) in [6, 6.07) is 0. The summed E-state index contributed by atoms with van der Waals surface area (Å²) in [4.78, 5) is 33.3. The first-order valence-electron chi connectivity index (χ1n) is 6.85. The molecule has 120 valence electrons. The van der Waals surface area contributed by atoms with Crippen LogP contribution in [0.2, 0.25) is 0 Å². The molecular formula is C14H22O7. The molecule has 0 aromatic heterocycles. The average molecular weight is 302 g/mol. The maximum Gasteiger partial charge on any atom is 0.304 e. The van der Waals surface area contributed by atoms with Gasteiger partial charge in [-0.15, -0.1) is 0 Å². The Kier molecular flexibility index (Phi) is 6.14. The number of ether oxygens (including phenoxy) is 4. The van der Waals surface area contributed by atoms with Crippen LogP contribution in [0.3, 0.4) is 0 Å². The van der Waals surface area contributed by atoms with Gasteiger partial charge in [-0.05, 0) is 0 Å². The van der Waals surface area contributed by atoms with Crippen LogP contribution < -0.4 is 0 Å². The number of hydrogen-bond donors (Lipinski definition) is 0. The minimum atomic E-state index is -0.759. The van der Waals surface area contributed by atoms with Crippen molar-refractivity contribution in [2.75, 3.05) is 6.61 Å². The van der Waals surface area contributed by atoms with Crippen molar-refractivity contribution in [3.8, 4) is 0 Å². The third kappa shape index (κ3) is 5.00. The van der Waals surface area contributed by atoms with Gasteiger partial charge in [-0.3, -0.25) is 14.4 Å². The molecule has 0 aliphatic carbocycles. The van der Waals surface area contributed by atoms with E-state index in [-0.39, 0.29) is 18.4 Å². The first-order chi connectivity index (χ1) is 9.72. The molecule has 7 nitrogen and oxygen atoms in total. The maximum absolute atomic E-state index is 11.2. The minimum absolute atomic E-state index is 0.0674. The summed E-state index contributed by atoms with van der Waals surface area (Å²) in [6.07, 6.45) is -2.00. The molecule has 0 saturated carbocycles. The second kappa shape index (κ2) is 7.40. The first kappa shape index (κ1) is 17.4. The lowest BCUT2D eigenvalue weighted by atomic mass is 9.84. The highest BCUT2D eigenvalue weighted by atomic mass is 16.7. The highest BCUT2D eigenvalue weighted by Gasteiger charge is 2.45. The molecule has 0 N–H and O–H groups in total. The topological polar surface area (TPSA) is 88.1 Å². The molecule has 1 heterocycles. The van der Waals surface area contributed by atoms with Gasteiger partial charge < -0.3 is 18.9 Å². The Morgan fingerprint density at radius 2 is 1.48 bits per heavy atom. The van der Waals surface area contributed by atoms with Crippen LogP contribution in [0.1, 0.15) is 34.6 Å². The van der Waals surface area contributed by atoms with E-state index in [0.29, 0.717) is 0 Å². The summed E-state index contributed by atoms with van der Waals surface area (Å²) in [5.74, 6) is -1.65. The molecule has 1 aliphatic heterocycles. The van der Waals surface area contributed by atoms with E-state index in [0.717, 1.165) is 0 Å². The van der Waals surface area contributed by atoms with Gasteiger partial charge in [-0.25, -0.2) is 0 Å². The summed E-state index contributed by atoms with van der Waals surface area (Å²) in [6.45, 7) is 7.52. The van der Waals surface area contributed by atoms with E-state index in [1.54, 1.807) is 0 Å². The highest BCUT2D eigenvalue weighted by molar-refractivity contribution is 5.67. The third-order valence-corrected chi connectivity index (χ3v) is 3.49. The monoisotopic (exact) mass is 302 g/mol. The Morgan fingerprint density at radius 3 is 1.95 bits per heavy atom. The Bertz CT molecular complexity index is 406. The largest absolute Gasteiger partial charge is 0.463 e. The molecule has 1 fully saturated rings. The number of carbonyl (C=O) groups excluding carboxylic acids is 3. The van der Waals surface area contributed by atoms with Gasteiger partial charge >= 0.3 is 17.9 Å². The Hall–Kier alpha value is -1.63. The Labute approximate surface area is 123 Å². The molecule has 0 radical (unpaired) electrons. The summed E-state index contributed by atoms with van der Waals surface area (Å²) in [5.41, 5.74) is 0. The summed E-state index contributed by atoms with van der Waals surface area (Å²) >= 11 is 0. The van der Waals surface area contributed by atoms with Gasteiger partial charge in [0.25, 0.3) is 0 Å².